The molecule has 1 aliphatic rings. The van der Waals surface area contributed by atoms with Crippen LogP contribution in [0, 0.1) is 6.92 Å². The van der Waals surface area contributed by atoms with E-state index < -0.39 is 20.1 Å². The number of carbonyl (C=O) groups is 1. The van der Waals surface area contributed by atoms with Crippen LogP contribution in [-0.4, -0.2) is 40.9 Å². The third-order valence-corrected chi connectivity index (χ3v) is 9.42. The van der Waals surface area contributed by atoms with Crippen LogP contribution >= 0.6 is 22.9 Å². The molecule has 0 fully saturated rings. The number of rotatable bonds is 4. The monoisotopic (exact) mass is 455 g/mol. The number of nitrogens with two attached hydrogens (primary N) is 1. The molecule has 8 nitrogen and oxygen atoms in total. The topological polar surface area (TPSA) is 127 Å². The van der Waals surface area contributed by atoms with Crippen LogP contribution < -0.4 is 11.1 Å². The maximum Gasteiger partial charge on any atom is 0.261 e. The minimum Gasteiger partial charge on any atom is -0.386 e. The summed E-state index contributed by atoms with van der Waals surface area (Å²) in [4.78, 5) is 17.8. The fourth-order valence-corrected chi connectivity index (χ4v) is 6.20. The number of nitrogens with zero attached hydrogens (tertiary/aromatic N) is 3. The van der Waals surface area contributed by atoms with E-state index in [4.69, 9.17) is 17.3 Å². The van der Waals surface area contributed by atoms with Crippen LogP contribution in [0.3, 0.4) is 0 Å². The number of amidine groups is 1. The van der Waals surface area contributed by atoms with Crippen LogP contribution in [0.1, 0.15) is 46.7 Å². The summed E-state index contributed by atoms with van der Waals surface area (Å²) in [7, 11) is -3.57. The fraction of sp³-hybridized carbons (Fsp3) is 0.444. The lowest BCUT2D eigenvalue weighted by Crippen LogP contribution is -2.54. The molecule has 0 spiro atoms. The largest absolute Gasteiger partial charge is 0.386 e. The van der Waals surface area contributed by atoms with Crippen molar-refractivity contribution >= 4 is 44.5 Å². The Hall–Kier alpha value is -2.04. The highest BCUT2D eigenvalue weighted by Crippen LogP contribution is 2.43. The Morgan fingerprint density at radius 3 is 2.59 bits per heavy atom. The van der Waals surface area contributed by atoms with Gasteiger partial charge in [-0.1, -0.05) is 11.6 Å². The lowest BCUT2D eigenvalue weighted by Gasteiger charge is -2.37. The fourth-order valence-electron chi connectivity index (χ4n) is 2.89. The van der Waals surface area contributed by atoms with E-state index >= 15 is 0 Å². The Labute approximate surface area is 178 Å². The first-order chi connectivity index (χ1) is 13.4. The van der Waals surface area contributed by atoms with E-state index in [9.17, 15) is 13.2 Å². The van der Waals surface area contributed by atoms with Crippen LogP contribution in [0.25, 0.3) is 0 Å². The normalized spacial score (nSPS) is 22.7. The second-order valence-electron chi connectivity index (χ2n) is 7.68. The van der Waals surface area contributed by atoms with Gasteiger partial charge in [-0.2, -0.15) is 10.2 Å². The number of amides is 1. The van der Waals surface area contributed by atoms with Crippen molar-refractivity contribution in [3.05, 3.63) is 44.4 Å². The number of aryl methyl sites for hydroxylation is 1. The van der Waals surface area contributed by atoms with Crippen LogP contribution in [-0.2, 0) is 21.9 Å². The summed E-state index contributed by atoms with van der Waals surface area (Å²) in [5.74, 6) is -0.557. The quantitative estimate of drug-likeness (QED) is 0.727. The summed E-state index contributed by atoms with van der Waals surface area (Å²) in [5, 5.41) is 11.0. The number of carbonyl (C=O) groups excluding carboxylic acids is 1. The molecule has 0 radical (unpaired) electrons. The van der Waals surface area contributed by atoms with E-state index in [0.29, 0.717) is 15.4 Å². The lowest BCUT2D eigenvalue weighted by molar-refractivity contribution is 0.0954. The highest BCUT2D eigenvalue weighted by molar-refractivity contribution is 7.93. The van der Waals surface area contributed by atoms with Crippen molar-refractivity contribution in [1.29, 1.82) is 0 Å². The molecule has 1 unspecified atom stereocenters. The summed E-state index contributed by atoms with van der Waals surface area (Å²) < 4.78 is 24.2. The number of hydrogen-bond donors (Lipinski definition) is 2. The number of thiophene rings is 1. The predicted octanol–water partition coefficient (Wildman–Crippen LogP) is 2.21. The zero-order valence-electron chi connectivity index (χ0n) is 16.5. The standard InChI is InChI=1S/C18H22ClN5O3S2/c1-10-5-6-11(24-23-10)8-21-15(25)13-7-12(19)14(28-13)18(4)9-29(26,27)17(2,3)16(20)22-18/h5-7H,8-9H2,1-4H3,(H2,20,22)(H,21,25). The minimum atomic E-state index is -3.57. The van der Waals surface area contributed by atoms with Crippen LogP contribution in [0.4, 0.5) is 0 Å². The van der Waals surface area contributed by atoms with Crippen molar-refractivity contribution in [3.63, 3.8) is 0 Å². The van der Waals surface area contributed by atoms with Gasteiger partial charge >= 0.3 is 0 Å². The van der Waals surface area contributed by atoms with E-state index in [1.807, 2.05) is 13.0 Å². The van der Waals surface area contributed by atoms with Gasteiger partial charge in [0.2, 0.25) is 0 Å². The first-order valence-electron chi connectivity index (χ1n) is 8.81. The lowest BCUT2D eigenvalue weighted by atomic mass is 10.0. The van der Waals surface area contributed by atoms with E-state index in [2.05, 4.69) is 20.5 Å². The molecule has 3 heterocycles. The van der Waals surface area contributed by atoms with E-state index in [-0.39, 0.29) is 29.1 Å². The Kier molecular flexibility index (Phi) is 5.48. The molecule has 0 saturated carbocycles. The highest BCUT2D eigenvalue weighted by Gasteiger charge is 2.49. The molecule has 11 heteroatoms. The number of aliphatic imine (C=N–C) groups is 1. The molecule has 3 rings (SSSR count). The minimum absolute atomic E-state index is 0.0275. The number of hydrogen-bond acceptors (Lipinski definition) is 8. The van der Waals surface area contributed by atoms with Gasteiger partial charge in [-0.15, -0.1) is 11.3 Å². The Morgan fingerprint density at radius 2 is 2.00 bits per heavy atom. The third-order valence-electron chi connectivity index (χ3n) is 4.92. The van der Waals surface area contributed by atoms with Crippen molar-refractivity contribution in [2.75, 3.05) is 5.75 Å². The van der Waals surface area contributed by atoms with Crippen LogP contribution in [0.5, 0.6) is 0 Å². The zero-order valence-corrected chi connectivity index (χ0v) is 18.9. The maximum absolute atomic E-state index is 12.7. The first kappa shape index (κ1) is 21.7. The average molecular weight is 456 g/mol. The van der Waals surface area contributed by atoms with Gasteiger partial charge in [0.25, 0.3) is 5.91 Å². The molecule has 2 aromatic heterocycles. The first-order valence-corrected chi connectivity index (χ1v) is 11.7. The maximum atomic E-state index is 12.7. The van der Waals surface area contributed by atoms with Gasteiger partial charge in [-0.25, -0.2) is 8.42 Å². The molecule has 2 aromatic rings. The van der Waals surface area contributed by atoms with Crippen molar-refractivity contribution in [3.8, 4) is 0 Å². The number of sulfone groups is 1. The number of aromatic nitrogens is 2. The van der Waals surface area contributed by atoms with Crippen LogP contribution in [0.2, 0.25) is 5.02 Å². The summed E-state index contributed by atoms with van der Waals surface area (Å²) in [6.45, 7) is 6.76. The molecule has 0 saturated heterocycles. The van der Waals surface area contributed by atoms with Gasteiger partial charge < -0.3 is 11.1 Å². The summed E-state index contributed by atoms with van der Waals surface area (Å²) in [6, 6.07) is 5.10. The molecule has 3 N–H and O–H groups in total. The van der Waals surface area contributed by atoms with Gasteiger partial charge in [0.15, 0.2) is 9.84 Å². The van der Waals surface area contributed by atoms with Gasteiger partial charge in [0.05, 0.1) is 38.5 Å². The summed E-state index contributed by atoms with van der Waals surface area (Å²) >= 11 is 7.47. The van der Waals surface area contributed by atoms with E-state index in [1.165, 1.54) is 19.9 Å². The predicted molar refractivity (Wildman–Crippen MR) is 114 cm³/mol. The Bertz CT molecular complexity index is 1090. The van der Waals surface area contributed by atoms with E-state index in [0.717, 1.165) is 17.0 Å². The molecular weight excluding hydrogens is 434 g/mol. The van der Waals surface area contributed by atoms with E-state index in [1.54, 1.807) is 13.0 Å². The average Bonchev–Trinajstić information content (AvgIpc) is 3.02. The third kappa shape index (κ3) is 4.01. The Morgan fingerprint density at radius 1 is 1.31 bits per heavy atom. The molecule has 1 amide bonds. The second kappa shape index (κ2) is 7.33. The van der Waals surface area contributed by atoms with Crippen molar-refractivity contribution in [2.24, 2.45) is 10.7 Å². The molecular formula is C18H22ClN5O3S2. The Balaban J connectivity index is 1.85. The molecule has 0 bridgehead atoms. The summed E-state index contributed by atoms with van der Waals surface area (Å²) in [6.07, 6.45) is 0. The van der Waals surface area contributed by atoms with Gasteiger partial charge in [-0.3, -0.25) is 9.79 Å². The SMILES string of the molecule is Cc1ccc(CNC(=O)c2cc(Cl)c(C3(C)CS(=O)(=O)C(C)(C)C(N)=N3)s2)nn1. The smallest absolute Gasteiger partial charge is 0.261 e. The highest BCUT2D eigenvalue weighted by atomic mass is 35.5. The number of halogens is 1. The molecule has 156 valence electrons. The van der Waals surface area contributed by atoms with Crippen molar-refractivity contribution in [1.82, 2.24) is 15.5 Å². The van der Waals surface area contributed by atoms with Gasteiger partial charge in [0.1, 0.15) is 16.1 Å². The van der Waals surface area contributed by atoms with Crippen molar-refractivity contribution in [2.45, 2.75) is 44.5 Å². The van der Waals surface area contributed by atoms with Crippen LogP contribution in [0.15, 0.2) is 23.2 Å². The molecule has 1 atom stereocenters. The van der Waals surface area contributed by atoms with Gasteiger partial charge in [-0.05, 0) is 45.9 Å². The molecule has 0 aromatic carbocycles. The van der Waals surface area contributed by atoms with Gasteiger partial charge in [0, 0.05) is 0 Å². The summed E-state index contributed by atoms with van der Waals surface area (Å²) in [5.41, 5.74) is 6.24. The molecule has 1 aliphatic heterocycles. The second-order valence-corrected chi connectivity index (χ2v) is 11.7. The molecule has 29 heavy (non-hydrogen) atoms. The molecule has 0 aliphatic carbocycles. The number of nitrogens with one attached hydrogen (secondary N) is 1. The van der Waals surface area contributed by atoms with Crippen molar-refractivity contribution < 1.29 is 13.2 Å². The zero-order chi connectivity index (χ0) is 21.6.